The Hall–Kier alpha value is -6.12. The monoisotopic (exact) mass is 795 g/mol. The van der Waals surface area contributed by atoms with Crippen molar-refractivity contribution in [3.8, 4) is 11.1 Å². The van der Waals surface area contributed by atoms with Gasteiger partial charge in [0.25, 0.3) is 11.5 Å². The van der Waals surface area contributed by atoms with Crippen LogP contribution < -0.4 is 26.8 Å². The topological polar surface area (TPSA) is 215 Å². The fourth-order valence-corrected chi connectivity index (χ4v) is 7.68. The minimum absolute atomic E-state index is 0.0884. The summed E-state index contributed by atoms with van der Waals surface area (Å²) < 4.78 is 5.35. The van der Waals surface area contributed by atoms with Gasteiger partial charge in [0.1, 0.15) is 11.6 Å². The van der Waals surface area contributed by atoms with Crippen LogP contribution in [0.3, 0.4) is 0 Å². The number of hydrogen-bond acceptors (Lipinski definition) is 7. The van der Waals surface area contributed by atoms with Crippen molar-refractivity contribution in [2.75, 3.05) is 25.0 Å². The van der Waals surface area contributed by atoms with E-state index in [-0.39, 0.29) is 41.7 Å². The summed E-state index contributed by atoms with van der Waals surface area (Å²) in [7, 11) is 0. The number of fused-ring (bicyclic) bond motifs is 1. The Morgan fingerprint density at radius 2 is 1.60 bits per heavy atom. The molecule has 4 aromatic rings. The molecule has 2 aliphatic rings. The Bertz CT molecular complexity index is 2190. The van der Waals surface area contributed by atoms with Crippen molar-refractivity contribution < 1.29 is 33.8 Å². The average molecular weight is 796 g/mol. The van der Waals surface area contributed by atoms with E-state index in [0.29, 0.717) is 67.5 Å². The molecule has 1 atom stereocenters. The molecule has 15 nitrogen and oxygen atoms in total. The first-order chi connectivity index (χ1) is 27.6. The molecule has 0 unspecified atom stereocenters. The summed E-state index contributed by atoms with van der Waals surface area (Å²) in [6.07, 6.45) is 2.70. The lowest BCUT2D eigenvalue weighted by molar-refractivity contribution is -0.130. The fourth-order valence-electron chi connectivity index (χ4n) is 7.68. The number of rotatable bonds is 11. The largest absolute Gasteiger partial charge is 0.465 e. The van der Waals surface area contributed by atoms with Gasteiger partial charge < -0.3 is 36.0 Å². The molecule has 1 aliphatic heterocycles. The van der Waals surface area contributed by atoms with Crippen LogP contribution in [-0.2, 0) is 20.7 Å². The fraction of sp³-hybridized carbons (Fsp3) is 0.442. The molecule has 1 aromatic heterocycles. The maximum atomic E-state index is 13.8. The molecule has 1 saturated heterocycles. The average Bonchev–Trinajstić information content (AvgIpc) is 3.56. The highest BCUT2D eigenvalue weighted by molar-refractivity contribution is 5.99. The number of alkyl carbamates (subject to hydrolysis) is 1. The number of amides is 5. The number of carboxylic acid groups (broad SMARTS) is 1. The summed E-state index contributed by atoms with van der Waals surface area (Å²) in [5, 5.41) is 26.8. The summed E-state index contributed by atoms with van der Waals surface area (Å²) in [6.45, 7) is 8.62. The van der Waals surface area contributed by atoms with Gasteiger partial charge >= 0.3 is 12.2 Å². The van der Waals surface area contributed by atoms with E-state index in [1.54, 1.807) is 24.3 Å². The molecule has 1 saturated carbocycles. The Morgan fingerprint density at radius 3 is 2.26 bits per heavy atom. The van der Waals surface area contributed by atoms with Gasteiger partial charge in [-0.1, -0.05) is 30.3 Å². The predicted molar refractivity (Wildman–Crippen MR) is 220 cm³/mol. The van der Waals surface area contributed by atoms with Crippen LogP contribution in [0, 0.1) is 18.8 Å². The Labute approximate surface area is 336 Å². The molecule has 7 N–H and O–H groups in total. The van der Waals surface area contributed by atoms with Crippen LogP contribution in [-0.4, -0.2) is 87.4 Å². The summed E-state index contributed by atoms with van der Waals surface area (Å²) in [5.74, 6) is -0.867. The van der Waals surface area contributed by atoms with Gasteiger partial charge in [-0.05, 0) is 125 Å². The van der Waals surface area contributed by atoms with Gasteiger partial charge in [-0.3, -0.25) is 29.4 Å². The molecule has 3 aromatic carbocycles. The van der Waals surface area contributed by atoms with Crippen LogP contribution in [0.5, 0.6) is 0 Å². The van der Waals surface area contributed by atoms with E-state index in [9.17, 15) is 33.9 Å². The minimum Gasteiger partial charge on any atom is -0.465 e. The number of hydrogen-bond donors (Lipinski definition) is 7. The van der Waals surface area contributed by atoms with E-state index >= 15 is 0 Å². The van der Waals surface area contributed by atoms with Crippen molar-refractivity contribution in [3.63, 3.8) is 0 Å². The second-order valence-electron chi connectivity index (χ2n) is 16.4. The molecule has 15 heteroatoms. The number of aryl methyl sites for hydroxylation is 1. The van der Waals surface area contributed by atoms with E-state index in [1.165, 1.54) is 4.90 Å². The number of ether oxygens (including phenoxy) is 1. The highest BCUT2D eigenvalue weighted by Gasteiger charge is 2.31. The molecular weight excluding hydrogens is 743 g/mol. The van der Waals surface area contributed by atoms with Gasteiger partial charge in [-0.2, -0.15) is 0 Å². The molecule has 1 aliphatic carbocycles. The van der Waals surface area contributed by atoms with Gasteiger partial charge in [-0.25, -0.2) is 9.59 Å². The molecule has 58 heavy (non-hydrogen) atoms. The number of H-pyrrole nitrogens is 2. The zero-order valence-corrected chi connectivity index (χ0v) is 33.4. The molecule has 0 bridgehead atoms. The molecule has 2 heterocycles. The van der Waals surface area contributed by atoms with Crippen molar-refractivity contribution in [1.29, 1.82) is 0 Å². The number of carbonyl (C=O) groups excluding carboxylic acids is 4. The summed E-state index contributed by atoms with van der Waals surface area (Å²) in [6, 6.07) is 17.2. The van der Waals surface area contributed by atoms with Gasteiger partial charge in [0.15, 0.2) is 0 Å². The van der Waals surface area contributed by atoms with E-state index in [2.05, 4.69) is 31.5 Å². The Balaban J connectivity index is 1.10. The summed E-state index contributed by atoms with van der Waals surface area (Å²) in [5.41, 5.74) is 4.28. The maximum Gasteiger partial charge on any atom is 0.407 e. The van der Waals surface area contributed by atoms with Gasteiger partial charge in [0, 0.05) is 49.3 Å². The molecule has 5 amide bonds. The Morgan fingerprint density at radius 1 is 0.897 bits per heavy atom. The first-order valence-corrected chi connectivity index (χ1v) is 19.9. The number of piperidine rings is 1. The molecule has 308 valence electrons. The van der Waals surface area contributed by atoms with Crippen molar-refractivity contribution in [2.24, 2.45) is 11.8 Å². The van der Waals surface area contributed by atoms with Crippen LogP contribution in [0.2, 0.25) is 0 Å². The van der Waals surface area contributed by atoms with E-state index in [4.69, 9.17) is 4.74 Å². The third-order valence-electron chi connectivity index (χ3n) is 10.9. The number of aromatic amines is 2. The number of likely N-dealkylation sites (tertiary alicyclic amines) is 1. The quantitative estimate of drug-likeness (QED) is 0.0998. The zero-order chi connectivity index (χ0) is 41.6. The summed E-state index contributed by atoms with van der Waals surface area (Å²) in [4.78, 5) is 77.3. The second kappa shape index (κ2) is 18.0. The number of nitrogens with one attached hydrogen (secondary N) is 6. The predicted octanol–water partition coefficient (Wildman–Crippen LogP) is 5.70. The lowest BCUT2D eigenvalue weighted by atomic mass is 9.81. The highest BCUT2D eigenvalue weighted by atomic mass is 16.6. The normalized spacial score (nSPS) is 17.9. The molecule has 2 fully saturated rings. The van der Waals surface area contributed by atoms with Crippen molar-refractivity contribution in [2.45, 2.75) is 90.3 Å². The van der Waals surface area contributed by atoms with E-state index < -0.39 is 29.7 Å². The van der Waals surface area contributed by atoms with Crippen molar-refractivity contribution in [3.05, 3.63) is 87.7 Å². The first kappa shape index (κ1) is 41.5. The molecule has 0 spiro atoms. The standard InChI is InChI=1S/C43H53N7O8/c1-25-21-30(38(52)45-31-17-19-50(20-18-31)42(56)57)13-15-33(25)28-9-5-26(6-10-28)22-36(40(54)46-32-14-16-34-35(23-32)48-49-39(34)53)47-37(51)29-11-7-27(8-12-29)24-44-41(55)58-43(2,3)4/h5-6,9-10,13-16,21,23,27,29,31,36H,7-8,11-12,17-20,22,24H2,1-4H3,(H,44,55)(H,45,52)(H,46,54)(H,47,51)(H,56,57)(H2,48,49,53)/t27?,29?,36-/m0/s1. The Kier molecular flexibility index (Phi) is 12.9. The number of aromatic nitrogens is 2. The van der Waals surface area contributed by atoms with Crippen molar-refractivity contribution in [1.82, 2.24) is 31.0 Å². The number of anilines is 1. The third kappa shape index (κ3) is 10.8. The molecule has 6 rings (SSSR count). The number of carbonyl (C=O) groups is 5. The smallest absolute Gasteiger partial charge is 0.407 e. The van der Waals surface area contributed by atoms with E-state index in [0.717, 1.165) is 35.1 Å². The lowest BCUT2D eigenvalue weighted by Crippen LogP contribution is -2.48. The van der Waals surface area contributed by atoms with Crippen LogP contribution in [0.4, 0.5) is 15.3 Å². The molecule has 0 radical (unpaired) electrons. The van der Waals surface area contributed by atoms with Crippen LogP contribution in [0.15, 0.2) is 65.5 Å². The van der Waals surface area contributed by atoms with Gasteiger partial charge in [-0.15, -0.1) is 0 Å². The van der Waals surface area contributed by atoms with E-state index in [1.807, 2.05) is 64.1 Å². The lowest BCUT2D eigenvalue weighted by Gasteiger charge is -2.30. The van der Waals surface area contributed by atoms with Gasteiger partial charge in [0.2, 0.25) is 11.8 Å². The minimum atomic E-state index is -0.944. The molecular formula is C43H53N7O8. The second-order valence-corrected chi connectivity index (χ2v) is 16.4. The maximum absolute atomic E-state index is 13.8. The van der Waals surface area contributed by atoms with Crippen LogP contribution in [0.25, 0.3) is 22.0 Å². The SMILES string of the molecule is Cc1cc(C(=O)NC2CCN(C(=O)O)CC2)ccc1-c1ccc(C[C@H](NC(=O)C2CCC(CNC(=O)OC(C)(C)C)CC2)C(=O)Nc2ccc3c(=O)[nH][nH]c3c2)cc1. The van der Waals surface area contributed by atoms with Gasteiger partial charge in [0.05, 0.1) is 10.9 Å². The van der Waals surface area contributed by atoms with Crippen LogP contribution in [0.1, 0.15) is 80.8 Å². The zero-order valence-electron chi connectivity index (χ0n) is 33.4. The van der Waals surface area contributed by atoms with Crippen LogP contribution >= 0.6 is 0 Å². The number of nitrogens with zero attached hydrogens (tertiary/aromatic N) is 1. The summed E-state index contributed by atoms with van der Waals surface area (Å²) >= 11 is 0. The number of benzene rings is 3. The first-order valence-electron chi connectivity index (χ1n) is 19.9. The van der Waals surface area contributed by atoms with Crippen molar-refractivity contribution >= 4 is 46.5 Å². The highest BCUT2D eigenvalue weighted by Crippen LogP contribution is 2.30. The third-order valence-corrected chi connectivity index (χ3v) is 10.9.